The largest absolute Gasteiger partial charge is 0.494 e. The van der Waals surface area contributed by atoms with Crippen LogP contribution in [0.4, 0.5) is 8.78 Å². The lowest BCUT2D eigenvalue weighted by atomic mass is 10.0. The van der Waals surface area contributed by atoms with E-state index in [0.717, 1.165) is 6.07 Å². The molecule has 0 saturated heterocycles. The van der Waals surface area contributed by atoms with Crippen LogP contribution < -0.4 is 9.47 Å². The van der Waals surface area contributed by atoms with E-state index in [1.807, 2.05) is 0 Å². The zero-order chi connectivity index (χ0) is 15.4. The van der Waals surface area contributed by atoms with E-state index in [9.17, 15) is 13.6 Å². The number of Topliss-reactive ketones (excluding diaryl/α,β-unsaturated/α-hetero) is 1. The van der Waals surface area contributed by atoms with Crippen LogP contribution in [-0.4, -0.2) is 20.0 Å². The van der Waals surface area contributed by atoms with E-state index in [2.05, 4.69) is 0 Å². The molecule has 21 heavy (non-hydrogen) atoms. The third-order valence-corrected chi connectivity index (χ3v) is 3.05. The molecule has 5 heteroatoms. The predicted octanol–water partition coefficient (Wildman–Crippen LogP) is 3.41. The molecule has 0 aliphatic rings. The fraction of sp³-hybridized carbons (Fsp3) is 0.188. The second-order valence-corrected chi connectivity index (χ2v) is 4.42. The van der Waals surface area contributed by atoms with Gasteiger partial charge in [0.15, 0.2) is 28.9 Å². The fourth-order valence-electron chi connectivity index (χ4n) is 1.95. The van der Waals surface area contributed by atoms with E-state index in [-0.39, 0.29) is 29.3 Å². The maximum atomic E-state index is 13.6. The molecule has 0 N–H and O–H groups in total. The van der Waals surface area contributed by atoms with E-state index < -0.39 is 11.6 Å². The molecule has 0 atom stereocenters. The lowest BCUT2D eigenvalue weighted by molar-refractivity contribution is 0.0992. The smallest absolute Gasteiger partial charge is 0.167 e. The molecule has 0 aromatic heterocycles. The van der Waals surface area contributed by atoms with Gasteiger partial charge in [0.05, 0.1) is 14.2 Å². The summed E-state index contributed by atoms with van der Waals surface area (Å²) in [5, 5.41) is 0. The third-order valence-electron chi connectivity index (χ3n) is 3.05. The Bertz CT molecular complexity index is 669. The highest BCUT2D eigenvalue weighted by atomic mass is 19.1. The number of hydrogen-bond donors (Lipinski definition) is 0. The molecule has 0 aliphatic carbocycles. The van der Waals surface area contributed by atoms with Gasteiger partial charge in [0.25, 0.3) is 0 Å². The Morgan fingerprint density at radius 2 is 1.52 bits per heavy atom. The van der Waals surface area contributed by atoms with Crippen molar-refractivity contribution in [1.29, 1.82) is 0 Å². The van der Waals surface area contributed by atoms with Crippen LogP contribution in [-0.2, 0) is 6.42 Å². The minimum Gasteiger partial charge on any atom is -0.494 e. The Hall–Kier alpha value is -2.43. The topological polar surface area (TPSA) is 35.5 Å². The van der Waals surface area contributed by atoms with Crippen LogP contribution in [0.5, 0.6) is 11.5 Å². The van der Waals surface area contributed by atoms with Crippen LogP contribution >= 0.6 is 0 Å². The van der Waals surface area contributed by atoms with Crippen molar-refractivity contribution in [3.63, 3.8) is 0 Å². The number of methoxy groups -OCH3 is 2. The van der Waals surface area contributed by atoms with Crippen molar-refractivity contribution in [3.8, 4) is 11.5 Å². The van der Waals surface area contributed by atoms with Crippen LogP contribution in [0.2, 0.25) is 0 Å². The van der Waals surface area contributed by atoms with Crippen molar-refractivity contribution in [3.05, 3.63) is 59.2 Å². The minimum atomic E-state index is -0.607. The average Bonchev–Trinajstić information content (AvgIpc) is 2.47. The molecule has 3 nitrogen and oxygen atoms in total. The molecule has 0 aliphatic heterocycles. The maximum Gasteiger partial charge on any atom is 0.167 e. The van der Waals surface area contributed by atoms with Gasteiger partial charge in [-0.05, 0) is 35.9 Å². The van der Waals surface area contributed by atoms with Crippen molar-refractivity contribution in [1.82, 2.24) is 0 Å². The highest BCUT2D eigenvalue weighted by molar-refractivity contribution is 5.97. The van der Waals surface area contributed by atoms with Crippen molar-refractivity contribution < 1.29 is 23.0 Å². The summed E-state index contributed by atoms with van der Waals surface area (Å²) in [6, 6.07) is 8.26. The Kier molecular flexibility index (Phi) is 4.52. The standard InChI is InChI=1S/C16H14F2O3/c1-20-15-5-3-10(7-12(15)17)8-14(19)11-4-6-16(21-2)13(18)9-11/h3-7,9H,8H2,1-2H3. The molecule has 110 valence electrons. The quantitative estimate of drug-likeness (QED) is 0.792. The monoisotopic (exact) mass is 292 g/mol. The van der Waals surface area contributed by atoms with Crippen LogP contribution in [0.25, 0.3) is 0 Å². The van der Waals surface area contributed by atoms with Crippen molar-refractivity contribution in [2.45, 2.75) is 6.42 Å². The second-order valence-electron chi connectivity index (χ2n) is 4.42. The first kappa shape index (κ1) is 15.0. The van der Waals surface area contributed by atoms with Crippen molar-refractivity contribution >= 4 is 5.78 Å². The molecule has 0 heterocycles. The summed E-state index contributed by atoms with van der Waals surface area (Å²) < 4.78 is 36.7. The van der Waals surface area contributed by atoms with E-state index in [1.54, 1.807) is 6.07 Å². The SMILES string of the molecule is COc1ccc(CC(=O)c2ccc(OC)c(F)c2)cc1F. The molecular weight excluding hydrogens is 278 g/mol. The summed E-state index contributed by atoms with van der Waals surface area (Å²) in [5.74, 6) is -1.27. The third kappa shape index (κ3) is 3.37. The molecule has 0 spiro atoms. The van der Waals surface area contributed by atoms with Crippen molar-refractivity contribution in [2.75, 3.05) is 14.2 Å². The van der Waals surface area contributed by atoms with Gasteiger partial charge < -0.3 is 9.47 Å². The van der Waals surface area contributed by atoms with Gasteiger partial charge in [-0.25, -0.2) is 8.78 Å². The first-order valence-corrected chi connectivity index (χ1v) is 6.24. The molecule has 2 rings (SSSR count). The normalized spacial score (nSPS) is 10.3. The van der Waals surface area contributed by atoms with Gasteiger partial charge >= 0.3 is 0 Å². The van der Waals surface area contributed by atoms with Gasteiger partial charge in [-0.1, -0.05) is 6.07 Å². The molecule has 0 amide bonds. The van der Waals surface area contributed by atoms with E-state index in [0.29, 0.717) is 5.56 Å². The Balaban J connectivity index is 2.18. The molecule has 0 radical (unpaired) electrons. The van der Waals surface area contributed by atoms with Gasteiger partial charge in [-0.3, -0.25) is 4.79 Å². The van der Waals surface area contributed by atoms with Crippen LogP contribution in [0, 0.1) is 11.6 Å². The lowest BCUT2D eigenvalue weighted by Crippen LogP contribution is -2.05. The molecule has 2 aromatic carbocycles. The summed E-state index contributed by atoms with van der Waals surface area (Å²) in [4.78, 5) is 12.1. The number of carbonyl (C=O) groups excluding carboxylic acids is 1. The number of ketones is 1. The van der Waals surface area contributed by atoms with Gasteiger partial charge in [0.2, 0.25) is 0 Å². The van der Waals surface area contributed by atoms with Gasteiger partial charge in [0.1, 0.15) is 0 Å². The second kappa shape index (κ2) is 6.35. The number of halogens is 2. The average molecular weight is 292 g/mol. The summed E-state index contributed by atoms with van der Waals surface area (Å²) in [6.45, 7) is 0. The summed E-state index contributed by atoms with van der Waals surface area (Å²) in [6.07, 6.45) is -0.0211. The highest BCUT2D eigenvalue weighted by Gasteiger charge is 2.12. The number of hydrogen-bond acceptors (Lipinski definition) is 3. The first-order chi connectivity index (χ1) is 10.0. The highest BCUT2D eigenvalue weighted by Crippen LogP contribution is 2.21. The molecular formula is C16H14F2O3. The molecule has 2 aromatic rings. The molecule has 0 bridgehead atoms. The zero-order valence-electron chi connectivity index (χ0n) is 11.7. The van der Waals surface area contributed by atoms with Crippen molar-refractivity contribution in [2.24, 2.45) is 0 Å². The maximum absolute atomic E-state index is 13.6. The Morgan fingerprint density at radius 3 is 2.05 bits per heavy atom. The fourth-order valence-corrected chi connectivity index (χ4v) is 1.95. The molecule has 0 unspecified atom stereocenters. The number of ether oxygens (including phenoxy) is 2. The number of benzene rings is 2. The minimum absolute atomic E-state index is 0.0211. The van der Waals surface area contributed by atoms with E-state index >= 15 is 0 Å². The summed E-state index contributed by atoms with van der Waals surface area (Å²) >= 11 is 0. The molecule has 0 saturated carbocycles. The number of rotatable bonds is 5. The Labute approximate surface area is 121 Å². The van der Waals surface area contributed by atoms with E-state index in [1.165, 1.54) is 38.5 Å². The van der Waals surface area contributed by atoms with Crippen LogP contribution in [0.3, 0.4) is 0 Å². The van der Waals surface area contributed by atoms with E-state index in [4.69, 9.17) is 9.47 Å². The summed E-state index contributed by atoms with van der Waals surface area (Å²) in [5.41, 5.74) is 0.707. The molecule has 0 fully saturated rings. The van der Waals surface area contributed by atoms with Gasteiger partial charge in [-0.15, -0.1) is 0 Å². The van der Waals surface area contributed by atoms with Gasteiger partial charge in [-0.2, -0.15) is 0 Å². The zero-order valence-corrected chi connectivity index (χ0v) is 11.7. The predicted molar refractivity (Wildman–Crippen MR) is 73.9 cm³/mol. The number of carbonyl (C=O) groups is 1. The Morgan fingerprint density at radius 1 is 0.952 bits per heavy atom. The van der Waals surface area contributed by atoms with Crippen LogP contribution in [0.15, 0.2) is 36.4 Å². The van der Waals surface area contributed by atoms with Crippen LogP contribution in [0.1, 0.15) is 15.9 Å². The summed E-state index contributed by atoms with van der Waals surface area (Å²) in [7, 11) is 2.71. The lowest BCUT2D eigenvalue weighted by Gasteiger charge is -2.06. The first-order valence-electron chi connectivity index (χ1n) is 6.24. The van der Waals surface area contributed by atoms with Gasteiger partial charge in [0, 0.05) is 12.0 Å².